The molecule has 0 aliphatic heterocycles. The highest BCUT2D eigenvalue weighted by atomic mass is 35.5. The van der Waals surface area contributed by atoms with Gasteiger partial charge in [0.25, 0.3) is 10.0 Å². The topological polar surface area (TPSA) is 85.1 Å². The molecule has 5 nitrogen and oxygen atoms in total. The fourth-order valence-corrected chi connectivity index (χ4v) is 2.75. The van der Waals surface area contributed by atoms with Gasteiger partial charge in [-0.3, -0.25) is 9.71 Å². The van der Waals surface area contributed by atoms with Crippen LogP contribution in [0.2, 0.25) is 5.02 Å². The number of aromatic nitrogens is 1. The molecule has 0 aliphatic carbocycles. The number of halogens is 2. The monoisotopic (exact) mass is 345 g/mol. The number of nitrogens with two attached hydrogens (primary N) is 1. The highest BCUT2D eigenvalue weighted by Gasteiger charge is 2.15. The number of rotatable bonds is 4. The molecule has 1 aromatic heterocycles. The molecule has 0 aliphatic rings. The van der Waals surface area contributed by atoms with E-state index in [0.717, 1.165) is 12.3 Å². The molecule has 1 heterocycles. The Labute approximate surface area is 131 Å². The third-order valence-electron chi connectivity index (χ3n) is 2.47. The van der Waals surface area contributed by atoms with Gasteiger partial charge in [0.15, 0.2) is 0 Å². The van der Waals surface area contributed by atoms with Gasteiger partial charge in [-0.1, -0.05) is 23.8 Å². The van der Waals surface area contributed by atoms with E-state index < -0.39 is 15.8 Å². The Hall–Kier alpha value is -1.77. The zero-order chi connectivity index (χ0) is 15.6. The minimum Gasteiger partial charge on any atom is -0.388 e. The van der Waals surface area contributed by atoms with Gasteiger partial charge < -0.3 is 5.73 Å². The van der Waals surface area contributed by atoms with Gasteiger partial charge in [-0.2, -0.15) is 0 Å². The first-order valence-electron chi connectivity index (χ1n) is 5.53. The van der Waals surface area contributed by atoms with Gasteiger partial charge in [-0.05, 0) is 30.3 Å². The van der Waals surface area contributed by atoms with E-state index in [1.54, 1.807) is 0 Å². The molecule has 0 spiro atoms. The van der Waals surface area contributed by atoms with Crippen LogP contribution < -0.4 is 10.5 Å². The first-order valence-corrected chi connectivity index (χ1v) is 7.80. The van der Waals surface area contributed by atoms with E-state index in [1.807, 2.05) is 0 Å². The summed E-state index contributed by atoms with van der Waals surface area (Å²) in [7, 11) is -3.86. The number of pyridine rings is 1. The third kappa shape index (κ3) is 3.66. The fraction of sp³-hybridized carbons (Fsp3) is 0. The first-order chi connectivity index (χ1) is 9.79. The molecule has 2 aromatic rings. The van der Waals surface area contributed by atoms with Gasteiger partial charge in [0.2, 0.25) is 0 Å². The summed E-state index contributed by atoms with van der Waals surface area (Å²) in [6.07, 6.45) is 1.13. The van der Waals surface area contributed by atoms with Crippen molar-refractivity contribution in [1.29, 1.82) is 0 Å². The molecule has 9 heteroatoms. The maximum Gasteiger partial charge on any atom is 0.263 e. The van der Waals surface area contributed by atoms with Gasteiger partial charge in [0.1, 0.15) is 15.7 Å². The summed E-state index contributed by atoms with van der Waals surface area (Å²) < 4.78 is 39.6. The van der Waals surface area contributed by atoms with Gasteiger partial charge in [0.05, 0.1) is 16.4 Å². The van der Waals surface area contributed by atoms with Crippen LogP contribution >= 0.6 is 23.8 Å². The summed E-state index contributed by atoms with van der Waals surface area (Å²) in [5.41, 5.74) is 5.83. The number of benzene rings is 1. The summed E-state index contributed by atoms with van der Waals surface area (Å²) in [5, 5.41) is -0.183. The maximum absolute atomic E-state index is 13.0. The third-order valence-corrected chi connectivity index (χ3v) is 4.34. The first kappa shape index (κ1) is 15.6. The number of sulfonamides is 1. The second kappa shape index (κ2) is 5.92. The summed E-state index contributed by atoms with van der Waals surface area (Å²) in [6.45, 7) is 0. The number of nitrogens with one attached hydrogen (secondary N) is 1. The van der Waals surface area contributed by atoms with Crippen LogP contribution in [0.5, 0.6) is 0 Å². The maximum atomic E-state index is 13.0. The lowest BCUT2D eigenvalue weighted by atomic mass is 10.3. The Morgan fingerprint density at radius 2 is 2.05 bits per heavy atom. The number of hydrogen-bond donors (Lipinski definition) is 2. The van der Waals surface area contributed by atoms with Crippen molar-refractivity contribution in [2.45, 2.75) is 4.90 Å². The molecule has 0 unspecified atom stereocenters. The molecule has 0 bridgehead atoms. The molecule has 0 radical (unpaired) electrons. The lowest BCUT2D eigenvalue weighted by Crippen LogP contribution is -2.15. The lowest BCUT2D eigenvalue weighted by molar-refractivity contribution is 0.600. The second-order valence-electron chi connectivity index (χ2n) is 3.98. The van der Waals surface area contributed by atoms with E-state index in [9.17, 15) is 12.8 Å². The highest BCUT2D eigenvalue weighted by molar-refractivity contribution is 7.92. The minimum absolute atomic E-state index is 0.0669. The van der Waals surface area contributed by atoms with Crippen LogP contribution in [-0.4, -0.2) is 18.4 Å². The van der Waals surface area contributed by atoms with Crippen LogP contribution in [0.4, 0.5) is 10.1 Å². The fourth-order valence-electron chi connectivity index (χ4n) is 1.46. The Bertz CT molecular complexity index is 795. The SMILES string of the molecule is NC(=S)c1ccc(S(=O)(=O)Nc2ccc(F)c(Cl)c2)cn1. The van der Waals surface area contributed by atoms with Gasteiger partial charge in [-0.25, -0.2) is 12.8 Å². The Morgan fingerprint density at radius 3 is 2.57 bits per heavy atom. The lowest BCUT2D eigenvalue weighted by Gasteiger charge is -2.08. The number of nitrogens with zero attached hydrogens (tertiary/aromatic N) is 1. The Kier molecular flexibility index (Phi) is 4.40. The summed E-state index contributed by atoms with van der Waals surface area (Å²) in [4.78, 5) is 3.83. The average Bonchev–Trinajstić information content (AvgIpc) is 2.43. The van der Waals surface area contributed by atoms with E-state index in [0.29, 0.717) is 5.69 Å². The van der Waals surface area contributed by atoms with E-state index in [1.165, 1.54) is 24.3 Å². The van der Waals surface area contributed by atoms with Crippen molar-refractivity contribution in [2.75, 3.05) is 4.72 Å². The molecule has 0 atom stereocenters. The van der Waals surface area contributed by atoms with Crippen molar-refractivity contribution in [3.63, 3.8) is 0 Å². The van der Waals surface area contributed by atoms with Gasteiger partial charge in [-0.15, -0.1) is 0 Å². The largest absolute Gasteiger partial charge is 0.388 e. The van der Waals surface area contributed by atoms with E-state index in [-0.39, 0.29) is 20.6 Å². The number of thiocarbonyl (C=S) groups is 1. The molecule has 1 aromatic carbocycles. The Balaban J connectivity index is 2.29. The molecular formula is C12H9ClFN3O2S2. The van der Waals surface area contributed by atoms with Crippen LogP contribution in [0.3, 0.4) is 0 Å². The van der Waals surface area contributed by atoms with Crippen LogP contribution in [0.1, 0.15) is 5.69 Å². The van der Waals surface area contributed by atoms with Crippen molar-refractivity contribution in [3.05, 3.63) is 53.1 Å². The van der Waals surface area contributed by atoms with Crippen LogP contribution in [-0.2, 0) is 10.0 Å². The Morgan fingerprint density at radius 1 is 1.33 bits per heavy atom. The zero-order valence-corrected chi connectivity index (χ0v) is 12.8. The van der Waals surface area contributed by atoms with E-state index >= 15 is 0 Å². The zero-order valence-electron chi connectivity index (χ0n) is 10.4. The van der Waals surface area contributed by atoms with Crippen LogP contribution in [0, 0.1) is 5.82 Å². The molecule has 0 saturated carbocycles. The quantitative estimate of drug-likeness (QED) is 0.830. The highest BCUT2D eigenvalue weighted by Crippen LogP contribution is 2.22. The van der Waals surface area contributed by atoms with Crippen LogP contribution in [0.15, 0.2) is 41.4 Å². The van der Waals surface area contributed by atoms with Crippen LogP contribution in [0.25, 0.3) is 0 Å². The summed E-state index contributed by atoms with van der Waals surface area (Å²) in [5.74, 6) is -0.637. The molecule has 0 amide bonds. The van der Waals surface area contributed by atoms with E-state index in [4.69, 9.17) is 29.6 Å². The summed E-state index contributed by atoms with van der Waals surface area (Å²) in [6, 6.07) is 6.21. The van der Waals surface area contributed by atoms with Crippen molar-refractivity contribution in [2.24, 2.45) is 5.73 Å². The smallest absolute Gasteiger partial charge is 0.263 e. The van der Waals surface area contributed by atoms with Crippen molar-refractivity contribution >= 4 is 44.5 Å². The molecule has 2 rings (SSSR count). The molecular weight excluding hydrogens is 337 g/mol. The summed E-state index contributed by atoms with van der Waals surface area (Å²) >= 11 is 10.3. The molecule has 21 heavy (non-hydrogen) atoms. The molecule has 0 fully saturated rings. The van der Waals surface area contributed by atoms with Gasteiger partial charge in [0, 0.05) is 6.20 Å². The standard InChI is InChI=1S/C12H9ClFN3O2S2/c13-9-5-7(1-3-10(9)14)17-21(18,19)8-2-4-11(12(15)20)16-6-8/h1-6,17H,(H2,15,20). The van der Waals surface area contributed by atoms with Crippen molar-refractivity contribution in [1.82, 2.24) is 4.98 Å². The molecule has 0 saturated heterocycles. The van der Waals surface area contributed by atoms with Gasteiger partial charge >= 0.3 is 0 Å². The molecule has 3 N–H and O–H groups in total. The second-order valence-corrected chi connectivity index (χ2v) is 6.51. The number of hydrogen-bond acceptors (Lipinski definition) is 4. The predicted octanol–water partition coefficient (Wildman–Crippen LogP) is 2.31. The minimum atomic E-state index is -3.86. The average molecular weight is 346 g/mol. The predicted molar refractivity (Wildman–Crippen MR) is 82.3 cm³/mol. The number of anilines is 1. The van der Waals surface area contributed by atoms with E-state index in [2.05, 4.69) is 9.71 Å². The van der Waals surface area contributed by atoms with Crippen molar-refractivity contribution < 1.29 is 12.8 Å². The molecule has 110 valence electrons. The van der Waals surface area contributed by atoms with Crippen molar-refractivity contribution in [3.8, 4) is 0 Å². The normalized spacial score (nSPS) is 11.1.